The number of methoxy groups -OCH3 is 1. The van der Waals surface area contributed by atoms with E-state index in [2.05, 4.69) is 10.1 Å². The van der Waals surface area contributed by atoms with Gasteiger partial charge in [-0.05, 0) is 12.1 Å². The zero-order valence-corrected chi connectivity index (χ0v) is 10.2. The average Bonchev–Trinajstić information content (AvgIpc) is 2.40. The van der Waals surface area contributed by atoms with Crippen molar-refractivity contribution >= 4 is 5.97 Å². The Labute approximate surface area is 102 Å². The minimum Gasteiger partial charge on any atom is -0.465 e. The van der Waals surface area contributed by atoms with E-state index in [4.69, 9.17) is 0 Å². The second kappa shape index (κ2) is 5.80. The van der Waals surface area contributed by atoms with Gasteiger partial charge in [0.05, 0.1) is 12.7 Å². The van der Waals surface area contributed by atoms with E-state index in [1.165, 1.54) is 38.9 Å². The van der Waals surface area contributed by atoms with Gasteiger partial charge in [-0.3, -0.25) is 0 Å². The quantitative estimate of drug-likeness (QED) is 0.623. The standard InChI is InChI=1S/C13H18N2O2/c1-17-13(16)12-4-2-11(3-5-12)10-15-8-6-14-7-9-15/h2-5,14H,6-10H2,1H3/p+2. The van der Waals surface area contributed by atoms with Crippen LogP contribution in [0.3, 0.4) is 0 Å². The van der Waals surface area contributed by atoms with Gasteiger partial charge in [-0.25, -0.2) is 4.79 Å². The number of benzene rings is 1. The summed E-state index contributed by atoms with van der Waals surface area (Å²) in [7, 11) is 1.41. The van der Waals surface area contributed by atoms with Crippen molar-refractivity contribution < 1.29 is 19.7 Å². The highest BCUT2D eigenvalue weighted by molar-refractivity contribution is 5.89. The molecule has 0 unspecified atom stereocenters. The summed E-state index contributed by atoms with van der Waals surface area (Å²) in [5, 5.41) is 2.36. The molecule has 0 bridgehead atoms. The molecule has 1 fully saturated rings. The van der Waals surface area contributed by atoms with Crippen molar-refractivity contribution in [3.05, 3.63) is 35.4 Å². The monoisotopic (exact) mass is 236 g/mol. The van der Waals surface area contributed by atoms with Crippen LogP contribution in [0.2, 0.25) is 0 Å². The van der Waals surface area contributed by atoms with Gasteiger partial charge in [0.25, 0.3) is 0 Å². The van der Waals surface area contributed by atoms with E-state index in [1.54, 1.807) is 4.90 Å². The van der Waals surface area contributed by atoms with Crippen molar-refractivity contribution in [2.45, 2.75) is 6.54 Å². The lowest BCUT2D eigenvalue weighted by molar-refractivity contribution is -0.958. The molecule has 2 rings (SSSR count). The first-order valence-corrected chi connectivity index (χ1v) is 6.12. The number of carbonyl (C=O) groups is 1. The van der Waals surface area contributed by atoms with Crippen LogP contribution in [0.4, 0.5) is 0 Å². The van der Waals surface area contributed by atoms with Crippen LogP contribution in [0.1, 0.15) is 15.9 Å². The summed E-state index contributed by atoms with van der Waals surface area (Å²) in [6.07, 6.45) is 0. The van der Waals surface area contributed by atoms with E-state index in [9.17, 15) is 4.79 Å². The Hall–Kier alpha value is -1.39. The molecule has 4 heteroatoms. The normalized spacial score (nSPS) is 16.8. The number of quaternary nitrogens is 2. The van der Waals surface area contributed by atoms with Gasteiger partial charge >= 0.3 is 5.97 Å². The highest BCUT2D eigenvalue weighted by atomic mass is 16.5. The van der Waals surface area contributed by atoms with E-state index in [0.717, 1.165) is 6.54 Å². The molecule has 0 radical (unpaired) electrons. The summed E-state index contributed by atoms with van der Waals surface area (Å²) >= 11 is 0. The predicted molar refractivity (Wildman–Crippen MR) is 63.8 cm³/mol. The van der Waals surface area contributed by atoms with Gasteiger partial charge in [0.15, 0.2) is 0 Å². The minimum atomic E-state index is -0.267. The van der Waals surface area contributed by atoms with Gasteiger partial charge in [-0.15, -0.1) is 0 Å². The predicted octanol–water partition coefficient (Wildman–Crippen LogP) is -1.56. The number of piperazine rings is 1. The van der Waals surface area contributed by atoms with Crippen LogP contribution in [0.25, 0.3) is 0 Å². The smallest absolute Gasteiger partial charge is 0.337 e. The maximum Gasteiger partial charge on any atom is 0.337 e. The largest absolute Gasteiger partial charge is 0.465 e. The van der Waals surface area contributed by atoms with Crippen molar-refractivity contribution in [2.24, 2.45) is 0 Å². The van der Waals surface area contributed by atoms with Crippen LogP contribution in [0.15, 0.2) is 24.3 Å². The molecule has 92 valence electrons. The van der Waals surface area contributed by atoms with Crippen molar-refractivity contribution in [1.29, 1.82) is 0 Å². The molecule has 1 heterocycles. The molecule has 1 aliphatic rings. The van der Waals surface area contributed by atoms with Gasteiger partial charge in [0.2, 0.25) is 0 Å². The lowest BCUT2D eigenvalue weighted by atomic mass is 10.1. The Balaban J connectivity index is 1.95. The SMILES string of the molecule is COC(=O)c1ccc(C[NH+]2CC[NH2+]CC2)cc1. The number of nitrogens with one attached hydrogen (secondary N) is 1. The van der Waals surface area contributed by atoms with Gasteiger partial charge in [0.1, 0.15) is 32.7 Å². The van der Waals surface area contributed by atoms with Gasteiger partial charge in [0, 0.05) is 5.56 Å². The maximum absolute atomic E-state index is 11.3. The highest BCUT2D eigenvalue weighted by Crippen LogP contribution is 2.04. The summed E-state index contributed by atoms with van der Waals surface area (Å²) < 4.78 is 4.68. The fraction of sp³-hybridized carbons (Fsp3) is 0.462. The first-order valence-electron chi connectivity index (χ1n) is 6.12. The Morgan fingerprint density at radius 1 is 1.29 bits per heavy atom. The lowest BCUT2D eigenvalue weighted by Crippen LogP contribution is -3.19. The fourth-order valence-corrected chi connectivity index (χ4v) is 2.22. The Bertz CT molecular complexity index is 370. The second-order valence-electron chi connectivity index (χ2n) is 4.48. The first-order chi connectivity index (χ1) is 8.29. The summed E-state index contributed by atoms with van der Waals surface area (Å²) in [5.41, 5.74) is 1.91. The molecule has 3 N–H and O–H groups in total. The average molecular weight is 236 g/mol. The molecule has 1 aromatic carbocycles. The van der Waals surface area contributed by atoms with Crippen LogP contribution < -0.4 is 10.2 Å². The number of esters is 1. The van der Waals surface area contributed by atoms with Crippen LogP contribution >= 0.6 is 0 Å². The molecule has 0 spiro atoms. The molecule has 4 nitrogen and oxygen atoms in total. The second-order valence-corrected chi connectivity index (χ2v) is 4.48. The number of hydrogen-bond acceptors (Lipinski definition) is 2. The molecule has 1 aliphatic heterocycles. The summed E-state index contributed by atoms with van der Waals surface area (Å²) in [5.74, 6) is -0.267. The maximum atomic E-state index is 11.3. The Morgan fingerprint density at radius 3 is 2.53 bits per heavy atom. The first kappa shape index (κ1) is 12.1. The lowest BCUT2D eigenvalue weighted by Gasteiger charge is -2.22. The Kier molecular flexibility index (Phi) is 4.12. The molecule has 1 saturated heterocycles. The third-order valence-corrected chi connectivity index (χ3v) is 3.23. The third-order valence-electron chi connectivity index (χ3n) is 3.23. The van der Waals surface area contributed by atoms with Gasteiger partial charge in [-0.1, -0.05) is 12.1 Å². The van der Waals surface area contributed by atoms with Crippen molar-refractivity contribution in [3.63, 3.8) is 0 Å². The molecule has 0 atom stereocenters. The third kappa shape index (κ3) is 3.28. The highest BCUT2D eigenvalue weighted by Gasteiger charge is 2.15. The molecule has 0 aromatic heterocycles. The fourth-order valence-electron chi connectivity index (χ4n) is 2.22. The zero-order chi connectivity index (χ0) is 12.1. The van der Waals surface area contributed by atoms with E-state index in [0.29, 0.717) is 5.56 Å². The summed E-state index contributed by atoms with van der Waals surface area (Å²) in [6.45, 7) is 5.93. The van der Waals surface area contributed by atoms with E-state index in [-0.39, 0.29) is 5.97 Å². The van der Waals surface area contributed by atoms with E-state index >= 15 is 0 Å². The number of nitrogens with two attached hydrogens (primary N) is 1. The molecule has 0 aliphatic carbocycles. The van der Waals surface area contributed by atoms with Crippen LogP contribution in [-0.2, 0) is 11.3 Å². The topological polar surface area (TPSA) is 47.4 Å². The molecule has 1 aromatic rings. The number of ether oxygens (including phenoxy) is 1. The van der Waals surface area contributed by atoms with E-state index < -0.39 is 0 Å². The number of rotatable bonds is 3. The molecular weight excluding hydrogens is 216 g/mol. The van der Waals surface area contributed by atoms with Crippen LogP contribution in [0.5, 0.6) is 0 Å². The molecule has 0 amide bonds. The molecule has 17 heavy (non-hydrogen) atoms. The van der Waals surface area contributed by atoms with E-state index in [1.807, 2.05) is 24.3 Å². The van der Waals surface area contributed by atoms with Gasteiger partial charge in [-0.2, -0.15) is 0 Å². The van der Waals surface area contributed by atoms with Crippen molar-refractivity contribution in [1.82, 2.24) is 0 Å². The Morgan fingerprint density at radius 2 is 1.94 bits per heavy atom. The van der Waals surface area contributed by atoms with Gasteiger partial charge < -0.3 is 15.0 Å². The summed E-state index contributed by atoms with van der Waals surface area (Å²) in [6, 6.07) is 7.74. The minimum absolute atomic E-state index is 0.267. The van der Waals surface area contributed by atoms with Crippen molar-refractivity contribution in [3.8, 4) is 0 Å². The zero-order valence-electron chi connectivity index (χ0n) is 10.2. The molecule has 0 saturated carbocycles. The van der Waals surface area contributed by atoms with Crippen LogP contribution in [-0.4, -0.2) is 39.3 Å². The van der Waals surface area contributed by atoms with Crippen LogP contribution in [0, 0.1) is 0 Å². The molecular formula is C13H20N2O2+2. The number of hydrogen-bond donors (Lipinski definition) is 2. The summed E-state index contributed by atoms with van der Waals surface area (Å²) in [4.78, 5) is 12.9. The number of carbonyl (C=O) groups excluding carboxylic acids is 1. The van der Waals surface area contributed by atoms with Crippen molar-refractivity contribution in [2.75, 3.05) is 33.3 Å².